The molecule has 1 aliphatic heterocycles. The molecule has 1 fully saturated rings. The van der Waals surface area contributed by atoms with Crippen LogP contribution in [0.4, 0.5) is 0 Å². The van der Waals surface area contributed by atoms with Crippen molar-refractivity contribution >= 4 is 22.2 Å². The van der Waals surface area contributed by atoms with E-state index in [4.69, 9.17) is 0 Å². The van der Waals surface area contributed by atoms with Crippen molar-refractivity contribution in [2.24, 2.45) is 0 Å². The Kier molecular flexibility index (Phi) is 5.43. The van der Waals surface area contributed by atoms with Gasteiger partial charge in [0.25, 0.3) is 0 Å². The first-order chi connectivity index (χ1) is 7.68. The summed E-state index contributed by atoms with van der Waals surface area (Å²) in [5.74, 6) is 0.219. The smallest absolute Gasteiger partial charge is 0.179 e. The van der Waals surface area contributed by atoms with Crippen molar-refractivity contribution in [2.75, 3.05) is 12.3 Å². The zero-order valence-electron chi connectivity index (χ0n) is 9.63. The van der Waals surface area contributed by atoms with E-state index < -0.39 is 9.84 Å². The molecule has 0 aliphatic carbocycles. The number of benzene rings is 1. The van der Waals surface area contributed by atoms with Crippen LogP contribution in [0, 0.1) is 0 Å². The van der Waals surface area contributed by atoms with Crippen molar-refractivity contribution in [3.05, 3.63) is 30.3 Å². The fourth-order valence-electron chi connectivity index (χ4n) is 2.06. The minimum Gasteiger partial charge on any atom is -0.313 e. The third kappa shape index (κ3) is 3.98. The molecule has 1 N–H and O–H groups in total. The van der Waals surface area contributed by atoms with Gasteiger partial charge >= 0.3 is 0 Å². The van der Waals surface area contributed by atoms with Gasteiger partial charge in [-0.1, -0.05) is 24.6 Å². The monoisotopic (exact) mass is 275 g/mol. The van der Waals surface area contributed by atoms with Gasteiger partial charge in [-0.05, 0) is 31.5 Å². The van der Waals surface area contributed by atoms with Gasteiger partial charge in [0.1, 0.15) is 0 Å². The Morgan fingerprint density at radius 2 is 1.88 bits per heavy atom. The Morgan fingerprint density at radius 3 is 2.47 bits per heavy atom. The zero-order chi connectivity index (χ0) is 11.4. The summed E-state index contributed by atoms with van der Waals surface area (Å²) in [6.45, 7) is 0.939. The van der Waals surface area contributed by atoms with E-state index in [0.29, 0.717) is 4.90 Å². The summed E-state index contributed by atoms with van der Waals surface area (Å²) in [7, 11) is -3.12. The summed E-state index contributed by atoms with van der Waals surface area (Å²) in [4.78, 5) is 0.433. The lowest BCUT2D eigenvalue weighted by atomic mass is 10.1. The molecule has 17 heavy (non-hydrogen) atoms. The molecule has 0 saturated carbocycles. The summed E-state index contributed by atoms with van der Waals surface area (Å²) in [6.07, 6.45) is 3.25. The van der Waals surface area contributed by atoms with Crippen LogP contribution in [0.5, 0.6) is 0 Å². The lowest BCUT2D eigenvalue weighted by molar-refractivity contribution is 0.423. The largest absolute Gasteiger partial charge is 0.313 e. The Balaban J connectivity index is 0.00000144. The highest BCUT2D eigenvalue weighted by molar-refractivity contribution is 7.91. The van der Waals surface area contributed by atoms with Gasteiger partial charge in [-0.25, -0.2) is 8.42 Å². The van der Waals surface area contributed by atoms with Gasteiger partial charge in [0.15, 0.2) is 9.84 Å². The van der Waals surface area contributed by atoms with E-state index in [0.717, 1.165) is 25.8 Å². The van der Waals surface area contributed by atoms with E-state index in [1.54, 1.807) is 24.3 Å². The second-order valence-corrected chi connectivity index (χ2v) is 6.28. The second kappa shape index (κ2) is 6.38. The molecule has 0 bridgehead atoms. The molecule has 1 aliphatic rings. The first-order valence-electron chi connectivity index (χ1n) is 5.70. The number of sulfone groups is 1. The molecule has 0 spiro atoms. The van der Waals surface area contributed by atoms with Gasteiger partial charge in [-0.2, -0.15) is 0 Å². The quantitative estimate of drug-likeness (QED) is 0.918. The van der Waals surface area contributed by atoms with Crippen molar-refractivity contribution in [1.82, 2.24) is 5.32 Å². The predicted octanol–water partition coefficient (Wildman–Crippen LogP) is 2.02. The molecule has 0 radical (unpaired) electrons. The van der Waals surface area contributed by atoms with Gasteiger partial charge in [0, 0.05) is 6.04 Å². The molecule has 0 amide bonds. The predicted molar refractivity (Wildman–Crippen MR) is 71.4 cm³/mol. The van der Waals surface area contributed by atoms with Crippen LogP contribution < -0.4 is 5.32 Å². The zero-order valence-corrected chi connectivity index (χ0v) is 11.3. The lowest BCUT2D eigenvalue weighted by Gasteiger charge is -2.23. The molecule has 0 aromatic heterocycles. The summed E-state index contributed by atoms with van der Waals surface area (Å²) in [6, 6.07) is 8.82. The van der Waals surface area contributed by atoms with Crippen molar-refractivity contribution in [3.63, 3.8) is 0 Å². The molecular formula is C12H18ClNO2S. The van der Waals surface area contributed by atoms with Crippen LogP contribution in [0.3, 0.4) is 0 Å². The number of hydrogen-bond acceptors (Lipinski definition) is 3. The average molecular weight is 276 g/mol. The van der Waals surface area contributed by atoms with Crippen LogP contribution in [0.1, 0.15) is 19.3 Å². The molecule has 1 atom stereocenters. The number of rotatable bonds is 3. The van der Waals surface area contributed by atoms with E-state index in [9.17, 15) is 8.42 Å². The van der Waals surface area contributed by atoms with Gasteiger partial charge < -0.3 is 5.32 Å². The van der Waals surface area contributed by atoms with Gasteiger partial charge in [-0.15, -0.1) is 12.4 Å². The molecule has 96 valence electrons. The molecule has 1 aromatic rings. The van der Waals surface area contributed by atoms with E-state index in [-0.39, 0.29) is 24.2 Å². The molecule has 5 heteroatoms. The lowest BCUT2D eigenvalue weighted by Crippen LogP contribution is -2.39. The van der Waals surface area contributed by atoms with Crippen LogP contribution in [0.2, 0.25) is 0 Å². The number of piperidine rings is 1. The molecule has 1 saturated heterocycles. The Labute approximate surface area is 109 Å². The van der Waals surface area contributed by atoms with E-state index >= 15 is 0 Å². The summed E-state index contributed by atoms with van der Waals surface area (Å²) in [5.41, 5.74) is 0. The van der Waals surface area contributed by atoms with Gasteiger partial charge in [-0.3, -0.25) is 0 Å². The van der Waals surface area contributed by atoms with Crippen molar-refractivity contribution in [2.45, 2.75) is 30.2 Å². The Bertz CT molecular complexity index is 427. The molecule has 1 heterocycles. The highest BCUT2D eigenvalue weighted by Crippen LogP contribution is 2.15. The Hall–Kier alpha value is -0.580. The fraction of sp³-hybridized carbons (Fsp3) is 0.500. The maximum atomic E-state index is 12.1. The highest BCUT2D eigenvalue weighted by Gasteiger charge is 2.22. The normalized spacial score (nSPS) is 20.6. The molecule has 2 rings (SSSR count). The average Bonchev–Trinajstić information content (AvgIpc) is 2.31. The number of nitrogens with one attached hydrogen (secondary N) is 1. The highest BCUT2D eigenvalue weighted by atomic mass is 35.5. The van der Waals surface area contributed by atoms with Crippen molar-refractivity contribution in [3.8, 4) is 0 Å². The van der Waals surface area contributed by atoms with Crippen molar-refractivity contribution < 1.29 is 8.42 Å². The van der Waals surface area contributed by atoms with E-state index in [1.165, 1.54) is 0 Å². The van der Waals surface area contributed by atoms with Crippen LogP contribution in [-0.4, -0.2) is 26.8 Å². The molecule has 3 nitrogen and oxygen atoms in total. The fourth-order valence-corrected chi connectivity index (χ4v) is 3.63. The van der Waals surface area contributed by atoms with Crippen LogP contribution >= 0.6 is 12.4 Å². The summed E-state index contributed by atoms with van der Waals surface area (Å²) >= 11 is 0. The van der Waals surface area contributed by atoms with Gasteiger partial charge in [0.05, 0.1) is 10.6 Å². The second-order valence-electron chi connectivity index (χ2n) is 4.24. The SMILES string of the molecule is Cl.O=S(=O)(CC1CCCCN1)c1ccccc1. The standard InChI is InChI=1S/C12H17NO2S.ClH/c14-16(15,12-7-2-1-3-8-12)10-11-6-4-5-9-13-11;/h1-3,7-8,11,13H,4-6,9-10H2;1H. The minimum atomic E-state index is -3.12. The number of hydrogen-bond donors (Lipinski definition) is 1. The minimum absolute atomic E-state index is 0. The van der Waals surface area contributed by atoms with E-state index in [1.807, 2.05) is 6.07 Å². The first kappa shape index (κ1) is 14.5. The molecular weight excluding hydrogens is 258 g/mol. The third-order valence-corrected chi connectivity index (χ3v) is 4.77. The molecule has 1 aromatic carbocycles. The van der Waals surface area contributed by atoms with Crippen molar-refractivity contribution in [1.29, 1.82) is 0 Å². The van der Waals surface area contributed by atoms with Gasteiger partial charge in [0.2, 0.25) is 0 Å². The van der Waals surface area contributed by atoms with E-state index in [2.05, 4.69) is 5.32 Å². The van der Waals surface area contributed by atoms with Crippen LogP contribution in [0.25, 0.3) is 0 Å². The number of halogens is 1. The molecule has 1 unspecified atom stereocenters. The summed E-state index contributed by atoms with van der Waals surface area (Å²) in [5, 5.41) is 3.27. The first-order valence-corrected chi connectivity index (χ1v) is 7.35. The third-order valence-electron chi connectivity index (χ3n) is 2.94. The maximum absolute atomic E-state index is 12.1. The maximum Gasteiger partial charge on any atom is 0.179 e. The van der Waals surface area contributed by atoms with Crippen LogP contribution in [0.15, 0.2) is 35.2 Å². The topological polar surface area (TPSA) is 46.2 Å². The van der Waals surface area contributed by atoms with Crippen LogP contribution in [-0.2, 0) is 9.84 Å². The summed E-state index contributed by atoms with van der Waals surface area (Å²) < 4.78 is 24.1. The Morgan fingerprint density at radius 1 is 1.18 bits per heavy atom.